The zero-order valence-corrected chi connectivity index (χ0v) is 15.7. The molecule has 1 saturated carbocycles. The van der Waals surface area contributed by atoms with Crippen molar-refractivity contribution in [2.45, 2.75) is 36.9 Å². The average Bonchev–Trinajstić information content (AvgIpc) is 3.17. The Labute approximate surface area is 159 Å². The molecule has 0 amide bonds. The van der Waals surface area contributed by atoms with E-state index in [2.05, 4.69) is 26.2 Å². The number of hydrogen-bond donors (Lipinski definition) is 0. The maximum absolute atomic E-state index is 12.9. The van der Waals surface area contributed by atoms with Gasteiger partial charge in [-0.25, -0.2) is 4.39 Å². The van der Waals surface area contributed by atoms with E-state index < -0.39 is 0 Å². The van der Waals surface area contributed by atoms with Crippen LogP contribution < -0.4 is 0 Å². The predicted octanol–water partition coefficient (Wildman–Crippen LogP) is 5.24. The van der Waals surface area contributed by atoms with Gasteiger partial charge in [0, 0.05) is 23.8 Å². The van der Waals surface area contributed by atoms with Crippen molar-refractivity contribution in [2.75, 3.05) is 5.75 Å². The molecular formula is C19H18FN3OS2. The number of hydrogen-bond acceptors (Lipinski definition) is 5. The summed E-state index contributed by atoms with van der Waals surface area (Å²) in [5, 5.41) is 11.7. The Balaban J connectivity index is 1.35. The van der Waals surface area contributed by atoms with Crippen LogP contribution in [-0.4, -0.2) is 26.3 Å². The first-order valence-electron chi connectivity index (χ1n) is 8.63. The summed E-state index contributed by atoms with van der Waals surface area (Å²) < 4.78 is 15.2. The third kappa shape index (κ3) is 3.88. The van der Waals surface area contributed by atoms with Crippen LogP contribution in [0.25, 0.3) is 10.7 Å². The third-order valence-electron chi connectivity index (χ3n) is 4.26. The monoisotopic (exact) mass is 387 g/mol. The maximum Gasteiger partial charge on any atom is 0.191 e. The highest BCUT2D eigenvalue weighted by Crippen LogP contribution is 2.41. The lowest BCUT2D eigenvalue weighted by atomic mass is 10.1. The van der Waals surface area contributed by atoms with Crippen LogP contribution in [-0.2, 0) is 0 Å². The second kappa shape index (κ2) is 7.72. The van der Waals surface area contributed by atoms with Gasteiger partial charge in [0.15, 0.2) is 16.8 Å². The quantitative estimate of drug-likeness (QED) is 0.301. The highest BCUT2D eigenvalue weighted by Gasteiger charge is 2.30. The summed E-state index contributed by atoms with van der Waals surface area (Å²) in [6.07, 6.45) is 3.56. The van der Waals surface area contributed by atoms with Gasteiger partial charge in [-0.1, -0.05) is 17.8 Å². The standard InChI is InChI=1S/C19H18FN3OS2/c20-14-7-5-13(6-8-14)16(24)3-1-12-26-19-22-21-18(17-4-2-11-25-17)23(19)15-9-10-15/h2,4-8,11,15H,1,3,9-10,12H2. The molecule has 0 spiro atoms. The van der Waals surface area contributed by atoms with Crippen molar-refractivity contribution in [2.24, 2.45) is 0 Å². The number of nitrogens with zero attached hydrogens (tertiary/aromatic N) is 3. The van der Waals surface area contributed by atoms with Crippen molar-refractivity contribution in [3.8, 4) is 10.7 Å². The minimum absolute atomic E-state index is 0.0496. The molecule has 7 heteroatoms. The molecule has 26 heavy (non-hydrogen) atoms. The minimum Gasteiger partial charge on any atom is -0.298 e. The lowest BCUT2D eigenvalue weighted by Gasteiger charge is -2.07. The summed E-state index contributed by atoms with van der Waals surface area (Å²) in [4.78, 5) is 13.3. The SMILES string of the molecule is O=C(CCCSc1nnc(-c2cccs2)n1C1CC1)c1ccc(F)cc1. The second-order valence-corrected chi connectivity index (χ2v) is 8.28. The van der Waals surface area contributed by atoms with Gasteiger partial charge in [0.05, 0.1) is 4.88 Å². The van der Waals surface area contributed by atoms with E-state index in [1.807, 2.05) is 6.07 Å². The first-order valence-corrected chi connectivity index (χ1v) is 10.5. The Bertz CT molecular complexity index is 886. The molecule has 3 aromatic rings. The number of aromatic nitrogens is 3. The van der Waals surface area contributed by atoms with Crippen molar-refractivity contribution < 1.29 is 9.18 Å². The molecule has 0 unspecified atom stereocenters. The van der Waals surface area contributed by atoms with Gasteiger partial charge in [0.1, 0.15) is 5.82 Å². The molecule has 4 rings (SSSR count). The molecule has 0 radical (unpaired) electrons. The fourth-order valence-corrected chi connectivity index (χ4v) is 4.44. The number of benzene rings is 1. The third-order valence-corrected chi connectivity index (χ3v) is 6.16. The Morgan fingerprint density at radius 3 is 2.73 bits per heavy atom. The number of thiophene rings is 1. The lowest BCUT2D eigenvalue weighted by molar-refractivity contribution is 0.0982. The first-order chi connectivity index (χ1) is 12.7. The van der Waals surface area contributed by atoms with Gasteiger partial charge in [0.25, 0.3) is 0 Å². The Morgan fingerprint density at radius 2 is 2.04 bits per heavy atom. The summed E-state index contributed by atoms with van der Waals surface area (Å²) in [6.45, 7) is 0. The number of carbonyl (C=O) groups excluding carboxylic acids is 1. The van der Waals surface area contributed by atoms with Crippen LogP contribution in [0.5, 0.6) is 0 Å². The van der Waals surface area contributed by atoms with Crippen LogP contribution in [0.1, 0.15) is 42.1 Å². The van der Waals surface area contributed by atoms with E-state index in [1.165, 1.54) is 25.0 Å². The molecule has 2 heterocycles. The van der Waals surface area contributed by atoms with Gasteiger partial charge >= 0.3 is 0 Å². The molecule has 0 atom stereocenters. The summed E-state index contributed by atoms with van der Waals surface area (Å²) in [7, 11) is 0. The average molecular weight is 388 g/mol. The topological polar surface area (TPSA) is 47.8 Å². The molecule has 1 aromatic carbocycles. The van der Waals surface area contributed by atoms with Gasteiger partial charge in [-0.3, -0.25) is 9.36 Å². The smallest absolute Gasteiger partial charge is 0.191 e. The number of carbonyl (C=O) groups is 1. The van der Waals surface area contributed by atoms with E-state index in [0.29, 0.717) is 18.0 Å². The maximum atomic E-state index is 12.9. The first kappa shape index (κ1) is 17.4. The van der Waals surface area contributed by atoms with Crippen molar-refractivity contribution in [1.82, 2.24) is 14.8 Å². The van der Waals surface area contributed by atoms with Crippen LogP contribution in [0.3, 0.4) is 0 Å². The molecular weight excluding hydrogens is 369 g/mol. The van der Waals surface area contributed by atoms with E-state index in [1.54, 1.807) is 35.2 Å². The molecule has 0 aliphatic heterocycles. The summed E-state index contributed by atoms with van der Waals surface area (Å²) >= 11 is 3.33. The largest absolute Gasteiger partial charge is 0.298 e. The highest BCUT2D eigenvalue weighted by atomic mass is 32.2. The number of thioether (sulfide) groups is 1. The van der Waals surface area contributed by atoms with E-state index in [-0.39, 0.29) is 11.6 Å². The van der Waals surface area contributed by atoms with Crippen LogP contribution in [0.4, 0.5) is 4.39 Å². The van der Waals surface area contributed by atoms with Crippen molar-refractivity contribution in [3.63, 3.8) is 0 Å². The van der Waals surface area contributed by atoms with Gasteiger partial charge in [-0.2, -0.15) is 0 Å². The van der Waals surface area contributed by atoms with Crippen LogP contribution in [0, 0.1) is 5.82 Å². The summed E-state index contributed by atoms with van der Waals surface area (Å²) in [5.41, 5.74) is 0.567. The zero-order valence-electron chi connectivity index (χ0n) is 14.1. The van der Waals surface area contributed by atoms with Crippen LogP contribution in [0.15, 0.2) is 46.9 Å². The molecule has 1 fully saturated rings. The fourth-order valence-electron chi connectivity index (χ4n) is 2.79. The Kier molecular flexibility index (Phi) is 5.17. The van der Waals surface area contributed by atoms with Gasteiger partial charge < -0.3 is 0 Å². The van der Waals surface area contributed by atoms with Gasteiger partial charge in [0.2, 0.25) is 0 Å². The van der Waals surface area contributed by atoms with Gasteiger partial charge in [-0.15, -0.1) is 21.5 Å². The van der Waals surface area contributed by atoms with Crippen molar-refractivity contribution in [1.29, 1.82) is 0 Å². The predicted molar refractivity (Wildman–Crippen MR) is 102 cm³/mol. The van der Waals surface area contributed by atoms with Crippen LogP contribution in [0.2, 0.25) is 0 Å². The molecule has 1 aliphatic carbocycles. The number of halogens is 1. The van der Waals surface area contributed by atoms with Crippen LogP contribution >= 0.6 is 23.1 Å². The van der Waals surface area contributed by atoms with Crippen molar-refractivity contribution >= 4 is 28.9 Å². The molecule has 0 N–H and O–H groups in total. The summed E-state index contributed by atoms with van der Waals surface area (Å²) in [6, 6.07) is 10.3. The van der Waals surface area contributed by atoms with E-state index in [4.69, 9.17) is 0 Å². The minimum atomic E-state index is -0.321. The lowest BCUT2D eigenvalue weighted by Crippen LogP contribution is -2.01. The van der Waals surface area contributed by atoms with E-state index >= 15 is 0 Å². The molecule has 134 valence electrons. The zero-order chi connectivity index (χ0) is 17.9. The molecule has 0 bridgehead atoms. The number of rotatable bonds is 8. The molecule has 4 nitrogen and oxygen atoms in total. The molecule has 2 aromatic heterocycles. The normalized spacial score (nSPS) is 13.9. The second-order valence-electron chi connectivity index (χ2n) is 6.27. The van der Waals surface area contributed by atoms with Gasteiger partial charge in [-0.05, 0) is 55.0 Å². The Hall–Kier alpha value is -1.99. The number of Topliss-reactive ketones (excluding diaryl/α,β-unsaturated/α-hetero) is 1. The Morgan fingerprint density at radius 1 is 1.23 bits per heavy atom. The van der Waals surface area contributed by atoms with E-state index in [0.717, 1.165) is 28.0 Å². The molecule has 0 saturated heterocycles. The fraction of sp³-hybridized carbons (Fsp3) is 0.316. The molecule has 1 aliphatic rings. The van der Waals surface area contributed by atoms with E-state index in [9.17, 15) is 9.18 Å². The van der Waals surface area contributed by atoms with Crippen molar-refractivity contribution in [3.05, 3.63) is 53.2 Å². The number of ketones is 1. The summed E-state index contributed by atoms with van der Waals surface area (Å²) in [5.74, 6) is 1.49. The highest BCUT2D eigenvalue weighted by molar-refractivity contribution is 7.99.